The quantitative estimate of drug-likeness (QED) is 0.817. The summed E-state index contributed by atoms with van der Waals surface area (Å²) in [5.41, 5.74) is 0. The molecule has 1 N–H and O–H groups in total. The van der Waals surface area contributed by atoms with Crippen LogP contribution in [0.2, 0.25) is 0 Å². The normalized spacial score (nSPS) is 21.6. The van der Waals surface area contributed by atoms with Crippen LogP contribution in [0, 0.1) is 0 Å². The molecule has 0 unspecified atom stereocenters. The van der Waals surface area contributed by atoms with Gasteiger partial charge in [0, 0.05) is 31.1 Å². The molecule has 16 heavy (non-hydrogen) atoms. The molecule has 2 heterocycles. The van der Waals surface area contributed by atoms with Crippen molar-refractivity contribution in [2.75, 3.05) is 24.5 Å². The molecule has 3 nitrogen and oxygen atoms in total. The second kappa shape index (κ2) is 4.03. The van der Waals surface area contributed by atoms with Crippen molar-refractivity contribution in [1.82, 2.24) is 9.69 Å². The third kappa shape index (κ3) is 1.58. The van der Waals surface area contributed by atoms with Gasteiger partial charge in [-0.25, -0.2) is 0 Å². The first-order valence-corrected chi connectivity index (χ1v) is 6.45. The predicted octanol–water partition coefficient (Wildman–Crippen LogP) is 2.09. The van der Waals surface area contributed by atoms with E-state index in [9.17, 15) is 0 Å². The molecular weight excluding hydrogens is 218 g/mol. The summed E-state index contributed by atoms with van der Waals surface area (Å²) in [5.74, 6) is 1.16. The van der Waals surface area contributed by atoms with Crippen molar-refractivity contribution >= 4 is 27.4 Å². The Morgan fingerprint density at radius 2 is 2.31 bits per heavy atom. The van der Waals surface area contributed by atoms with Crippen LogP contribution in [-0.4, -0.2) is 30.0 Å². The van der Waals surface area contributed by atoms with Gasteiger partial charge in [0.25, 0.3) is 0 Å². The van der Waals surface area contributed by atoms with E-state index in [2.05, 4.69) is 45.8 Å². The lowest BCUT2D eigenvalue weighted by Gasteiger charge is -2.34. The van der Waals surface area contributed by atoms with Crippen LogP contribution in [0.3, 0.4) is 0 Å². The molecule has 1 aliphatic heterocycles. The molecule has 3 rings (SSSR count). The van der Waals surface area contributed by atoms with Gasteiger partial charge in [0.1, 0.15) is 5.82 Å². The van der Waals surface area contributed by atoms with Crippen LogP contribution in [-0.2, 0) is 0 Å². The predicted molar refractivity (Wildman–Crippen MR) is 69.3 cm³/mol. The van der Waals surface area contributed by atoms with Crippen LogP contribution >= 0.6 is 11.5 Å². The van der Waals surface area contributed by atoms with E-state index >= 15 is 0 Å². The van der Waals surface area contributed by atoms with E-state index < -0.39 is 0 Å². The lowest BCUT2D eigenvalue weighted by Crippen LogP contribution is -2.50. The molecule has 1 fully saturated rings. The topological polar surface area (TPSA) is 28.2 Å². The minimum atomic E-state index is 0.527. The maximum absolute atomic E-state index is 4.61. The first kappa shape index (κ1) is 10.1. The summed E-state index contributed by atoms with van der Waals surface area (Å²) < 4.78 is 5.89. The number of hydrogen-bond acceptors (Lipinski definition) is 4. The fraction of sp³-hybridized carbons (Fsp3) is 0.417. The molecule has 0 radical (unpaired) electrons. The average molecular weight is 233 g/mol. The number of piperazine rings is 1. The van der Waals surface area contributed by atoms with Gasteiger partial charge < -0.3 is 10.2 Å². The molecule has 1 aromatic carbocycles. The Morgan fingerprint density at radius 1 is 1.44 bits per heavy atom. The lowest BCUT2D eigenvalue weighted by molar-refractivity contribution is 0.499. The minimum absolute atomic E-state index is 0.527. The number of benzene rings is 1. The van der Waals surface area contributed by atoms with Crippen LogP contribution in [0.4, 0.5) is 5.82 Å². The van der Waals surface area contributed by atoms with E-state index in [-0.39, 0.29) is 0 Å². The van der Waals surface area contributed by atoms with E-state index in [0.717, 1.165) is 25.5 Å². The summed E-state index contributed by atoms with van der Waals surface area (Å²) in [4.78, 5) is 2.41. The van der Waals surface area contributed by atoms with Gasteiger partial charge in [0.05, 0.1) is 4.70 Å². The zero-order valence-corrected chi connectivity index (χ0v) is 10.1. The third-order valence-electron chi connectivity index (χ3n) is 3.13. The molecule has 1 atom stereocenters. The standard InChI is InChI=1S/C12H15N3S/c1-9-8-13-6-7-15(9)12-10-4-2-3-5-11(10)16-14-12/h2-5,9,13H,6-8H2,1H3/t9-/m0/s1. The highest BCUT2D eigenvalue weighted by atomic mass is 32.1. The second-order valence-electron chi connectivity index (χ2n) is 4.25. The zero-order valence-electron chi connectivity index (χ0n) is 9.31. The number of aromatic nitrogens is 1. The molecular formula is C12H15N3S. The fourth-order valence-corrected chi connectivity index (χ4v) is 3.02. The number of rotatable bonds is 1. The molecule has 0 aliphatic carbocycles. The van der Waals surface area contributed by atoms with Crippen molar-refractivity contribution in [3.63, 3.8) is 0 Å². The molecule has 2 aromatic rings. The number of hydrogen-bond donors (Lipinski definition) is 1. The summed E-state index contributed by atoms with van der Waals surface area (Å²) in [7, 11) is 0. The van der Waals surface area contributed by atoms with E-state index in [1.54, 1.807) is 11.5 Å². The van der Waals surface area contributed by atoms with Crippen LogP contribution in [0.1, 0.15) is 6.92 Å². The second-order valence-corrected chi connectivity index (χ2v) is 5.05. The van der Waals surface area contributed by atoms with Gasteiger partial charge >= 0.3 is 0 Å². The molecule has 84 valence electrons. The first-order valence-electron chi connectivity index (χ1n) is 5.68. The monoisotopic (exact) mass is 233 g/mol. The van der Waals surface area contributed by atoms with Gasteiger partial charge in [0.15, 0.2) is 0 Å². The molecule has 0 bridgehead atoms. The highest BCUT2D eigenvalue weighted by Gasteiger charge is 2.21. The van der Waals surface area contributed by atoms with E-state index in [1.807, 2.05) is 0 Å². The zero-order chi connectivity index (χ0) is 11.0. The van der Waals surface area contributed by atoms with Crippen molar-refractivity contribution in [2.45, 2.75) is 13.0 Å². The average Bonchev–Trinajstić information content (AvgIpc) is 2.74. The summed E-state index contributed by atoms with van der Waals surface area (Å²) in [6.45, 7) is 5.40. The van der Waals surface area contributed by atoms with Crippen LogP contribution in [0.25, 0.3) is 10.1 Å². The van der Waals surface area contributed by atoms with E-state index in [1.165, 1.54) is 10.1 Å². The van der Waals surface area contributed by atoms with Crippen LogP contribution in [0.5, 0.6) is 0 Å². The van der Waals surface area contributed by atoms with Gasteiger partial charge in [-0.2, -0.15) is 4.37 Å². The Balaban J connectivity index is 2.04. The number of fused-ring (bicyclic) bond motifs is 1. The van der Waals surface area contributed by atoms with Crippen molar-refractivity contribution in [2.24, 2.45) is 0 Å². The van der Waals surface area contributed by atoms with Gasteiger partial charge in [-0.1, -0.05) is 12.1 Å². The number of nitrogens with zero attached hydrogens (tertiary/aromatic N) is 2. The molecule has 1 aromatic heterocycles. The van der Waals surface area contributed by atoms with E-state index in [4.69, 9.17) is 0 Å². The smallest absolute Gasteiger partial charge is 0.150 e. The van der Waals surface area contributed by atoms with Gasteiger partial charge in [0.2, 0.25) is 0 Å². The van der Waals surface area contributed by atoms with Crippen molar-refractivity contribution in [1.29, 1.82) is 0 Å². The van der Waals surface area contributed by atoms with Crippen LogP contribution in [0.15, 0.2) is 24.3 Å². The Bertz CT molecular complexity index is 494. The Hall–Kier alpha value is -1.13. The molecule has 1 aliphatic rings. The van der Waals surface area contributed by atoms with Crippen LogP contribution < -0.4 is 10.2 Å². The molecule has 0 amide bonds. The summed E-state index contributed by atoms with van der Waals surface area (Å²) in [5, 5.41) is 4.70. The lowest BCUT2D eigenvalue weighted by atomic mass is 10.2. The Kier molecular flexibility index (Phi) is 2.53. The molecule has 1 saturated heterocycles. The Morgan fingerprint density at radius 3 is 3.19 bits per heavy atom. The van der Waals surface area contributed by atoms with Gasteiger partial charge in [-0.3, -0.25) is 0 Å². The highest BCUT2D eigenvalue weighted by molar-refractivity contribution is 7.13. The molecule has 0 spiro atoms. The fourth-order valence-electron chi connectivity index (χ4n) is 2.24. The van der Waals surface area contributed by atoms with Crippen molar-refractivity contribution < 1.29 is 0 Å². The summed E-state index contributed by atoms with van der Waals surface area (Å²) >= 11 is 1.60. The summed E-state index contributed by atoms with van der Waals surface area (Å²) in [6.07, 6.45) is 0. The minimum Gasteiger partial charge on any atom is -0.350 e. The highest BCUT2D eigenvalue weighted by Crippen LogP contribution is 2.30. The molecule has 0 saturated carbocycles. The maximum atomic E-state index is 4.61. The number of nitrogens with one attached hydrogen (secondary N) is 1. The third-order valence-corrected chi connectivity index (χ3v) is 3.95. The van der Waals surface area contributed by atoms with Crippen molar-refractivity contribution in [3.05, 3.63) is 24.3 Å². The largest absolute Gasteiger partial charge is 0.350 e. The van der Waals surface area contributed by atoms with E-state index in [0.29, 0.717) is 6.04 Å². The Labute approximate surface area is 99.2 Å². The SMILES string of the molecule is C[C@H]1CNCCN1c1nsc2ccccc12. The number of anilines is 1. The summed E-state index contributed by atoms with van der Waals surface area (Å²) in [6, 6.07) is 9.00. The van der Waals surface area contributed by atoms with Gasteiger partial charge in [-0.05, 0) is 30.6 Å². The first-order chi connectivity index (χ1) is 7.86. The van der Waals surface area contributed by atoms with Crippen molar-refractivity contribution in [3.8, 4) is 0 Å². The molecule has 4 heteroatoms. The van der Waals surface area contributed by atoms with Gasteiger partial charge in [-0.15, -0.1) is 0 Å². The maximum Gasteiger partial charge on any atom is 0.150 e.